The van der Waals surface area contributed by atoms with Crippen molar-refractivity contribution in [2.75, 3.05) is 33.3 Å². The molecular formula is C16H26N2O2. The summed E-state index contributed by atoms with van der Waals surface area (Å²) < 4.78 is 5.43. The summed E-state index contributed by atoms with van der Waals surface area (Å²) in [6.07, 6.45) is 2.54. The number of nitrogens with zero attached hydrogens (tertiary/aromatic N) is 1. The number of hydrogen-bond donors (Lipinski definition) is 2. The highest BCUT2D eigenvalue weighted by Gasteiger charge is 2.15. The van der Waals surface area contributed by atoms with E-state index in [4.69, 9.17) is 4.74 Å². The minimum atomic E-state index is 0.219. The molecule has 1 saturated heterocycles. The molecule has 0 radical (unpaired) electrons. The number of phenols is 1. The molecule has 0 atom stereocenters. The van der Waals surface area contributed by atoms with Gasteiger partial charge in [-0.2, -0.15) is 0 Å². The van der Waals surface area contributed by atoms with Crippen LogP contribution in [0, 0.1) is 5.92 Å². The van der Waals surface area contributed by atoms with Crippen molar-refractivity contribution in [3.05, 3.63) is 23.8 Å². The topological polar surface area (TPSA) is 44.7 Å². The summed E-state index contributed by atoms with van der Waals surface area (Å²) in [7, 11) is 2.16. The van der Waals surface area contributed by atoms with Crippen molar-refractivity contribution in [1.29, 1.82) is 0 Å². The monoisotopic (exact) mass is 278 g/mol. The van der Waals surface area contributed by atoms with E-state index in [0.29, 0.717) is 12.4 Å². The molecule has 2 rings (SSSR count). The van der Waals surface area contributed by atoms with Crippen LogP contribution in [0.4, 0.5) is 0 Å². The highest BCUT2D eigenvalue weighted by molar-refractivity contribution is 5.41. The van der Waals surface area contributed by atoms with E-state index in [1.165, 1.54) is 18.4 Å². The standard InChI is InChI=1S/C16H26N2O2/c1-3-20-16-10-14(4-5-15(16)19)12-18(2)11-13-6-8-17-9-7-13/h4-5,10,13,17,19H,3,6-9,11-12H2,1-2H3. The van der Waals surface area contributed by atoms with Crippen molar-refractivity contribution >= 4 is 0 Å². The molecule has 1 aliphatic heterocycles. The number of piperidine rings is 1. The minimum absolute atomic E-state index is 0.219. The predicted molar refractivity (Wildman–Crippen MR) is 81.2 cm³/mol. The maximum absolute atomic E-state index is 9.72. The first-order valence-electron chi connectivity index (χ1n) is 7.53. The second-order valence-corrected chi connectivity index (χ2v) is 5.63. The van der Waals surface area contributed by atoms with Crippen LogP contribution in [-0.4, -0.2) is 43.3 Å². The van der Waals surface area contributed by atoms with E-state index >= 15 is 0 Å². The number of aromatic hydroxyl groups is 1. The molecule has 112 valence electrons. The van der Waals surface area contributed by atoms with Crippen molar-refractivity contribution in [2.45, 2.75) is 26.3 Å². The van der Waals surface area contributed by atoms with Crippen molar-refractivity contribution in [3.63, 3.8) is 0 Å². The van der Waals surface area contributed by atoms with Crippen LogP contribution in [0.1, 0.15) is 25.3 Å². The quantitative estimate of drug-likeness (QED) is 0.837. The maximum Gasteiger partial charge on any atom is 0.161 e. The molecular weight excluding hydrogens is 252 g/mol. The summed E-state index contributed by atoms with van der Waals surface area (Å²) in [5.74, 6) is 1.60. The Balaban J connectivity index is 1.89. The van der Waals surface area contributed by atoms with E-state index in [1.54, 1.807) is 6.07 Å². The summed E-state index contributed by atoms with van der Waals surface area (Å²) in [5, 5.41) is 13.1. The second kappa shape index (κ2) is 7.50. The molecule has 0 aromatic heterocycles. The van der Waals surface area contributed by atoms with Gasteiger partial charge < -0.3 is 20.1 Å². The van der Waals surface area contributed by atoms with Gasteiger partial charge in [0.05, 0.1) is 6.61 Å². The van der Waals surface area contributed by atoms with E-state index in [1.807, 2.05) is 19.1 Å². The summed E-state index contributed by atoms with van der Waals surface area (Å²) in [4.78, 5) is 2.36. The van der Waals surface area contributed by atoms with Crippen LogP contribution in [-0.2, 0) is 6.54 Å². The van der Waals surface area contributed by atoms with Gasteiger partial charge >= 0.3 is 0 Å². The molecule has 0 aliphatic carbocycles. The first kappa shape index (κ1) is 15.1. The Bertz CT molecular complexity index is 417. The molecule has 1 aromatic carbocycles. The summed E-state index contributed by atoms with van der Waals surface area (Å²) in [6.45, 7) is 6.81. The zero-order valence-corrected chi connectivity index (χ0v) is 12.6. The van der Waals surface area contributed by atoms with Gasteiger partial charge in [0.2, 0.25) is 0 Å². The lowest BCUT2D eigenvalue weighted by molar-refractivity contribution is 0.234. The van der Waals surface area contributed by atoms with Crippen LogP contribution in [0.5, 0.6) is 11.5 Å². The van der Waals surface area contributed by atoms with E-state index in [-0.39, 0.29) is 5.75 Å². The Hall–Kier alpha value is -1.26. The van der Waals surface area contributed by atoms with Gasteiger partial charge in [0.15, 0.2) is 11.5 Å². The van der Waals surface area contributed by atoms with Gasteiger partial charge in [0.25, 0.3) is 0 Å². The minimum Gasteiger partial charge on any atom is -0.504 e. The largest absolute Gasteiger partial charge is 0.504 e. The van der Waals surface area contributed by atoms with E-state index < -0.39 is 0 Å². The second-order valence-electron chi connectivity index (χ2n) is 5.63. The van der Waals surface area contributed by atoms with Gasteiger partial charge in [-0.05, 0) is 63.5 Å². The molecule has 1 fully saturated rings. The molecule has 4 heteroatoms. The van der Waals surface area contributed by atoms with E-state index in [0.717, 1.165) is 32.1 Å². The van der Waals surface area contributed by atoms with Crippen molar-refractivity contribution in [1.82, 2.24) is 10.2 Å². The fourth-order valence-electron chi connectivity index (χ4n) is 2.81. The Labute approximate surface area is 121 Å². The normalized spacial score (nSPS) is 16.6. The summed E-state index contributed by atoms with van der Waals surface area (Å²) in [6, 6.07) is 5.63. The van der Waals surface area contributed by atoms with Crippen LogP contribution in [0.15, 0.2) is 18.2 Å². The van der Waals surface area contributed by atoms with Gasteiger partial charge in [0, 0.05) is 13.1 Å². The molecule has 1 aromatic rings. The Morgan fingerprint density at radius 3 is 2.80 bits per heavy atom. The highest BCUT2D eigenvalue weighted by atomic mass is 16.5. The van der Waals surface area contributed by atoms with Crippen LogP contribution in [0.3, 0.4) is 0 Å². The number of ether oxygens (including phenoxy) is 1. The van der Waals surface area contributed by atoms with Crippen molar-refractivity contribution < 1.29 is 9.84 Å². The third kappa shape index (κ3) is 4.39. The SMILES string of the molecule is CCOc1cc(CN(C)CC2CCNCC2)ccc1O. The fraction of sp³-hybridized carbons (Fsp3) is 0.625. The number of rotatable bonds is 6. The number of hydrogen-bond acceptors (Lipinski definition) is 4. The van der Waals surface area contributed by atoms with Gasteiger partial charge in [-0.25, -0.2) is 0 Å². The molecule has 0 spiro atoms. The molecule has 1 heterocycles. The number of benzene rings is 1. The molecule has 0 saturated carbocycles. The zero-order chi connectivity index (χ0) is 14.4. The molecule has 0 amide bonds. The Morgan fingerprint density at radius 2 is 2.10 bits per heavy atom. The number of nitrogens with one attached hydrogen (secondary N) is 1. The average Bonchev–Trinajstić information content (AvgIpc) is 2.44. The van der Waals surface area contributed by atoms with Crippen LogP contribution < -0.4 is 10.1 Å². The lowest BCUT2D eigenvalue weighted by Crippen LogP contribution is -2.34. The molecule has 20 heavy (non-hydrogen) atoms. The van der Waals surface area contributed by atoms with Gasteiger partial charge in [0.1, 0.15) is 0 Å². The lowest BCUT2D eigenvalue weighted by atomic mass is 9.97. The van der Waals surface area contributed by atoms with Crippen LogP contribution in [0.2, 0.25) is 0 Å². The third-order valence-electron chi connectivity index (χ3n) is 3.81. The molecule has 0 unspecified atom stereocenters. The molecule has 4 nitrogen and oxygen atoms in total. The summed E-state index contributed by atoms with van der Waals surface area (Å²) in [5.41, 5.74) is 1.18. The predicted octanol–water partition coefficient (Wildman–Crippen LogP) is 2.22. The fourth-order valence-corrected chi connectivity index (χ4v) is 2.81. The third-order valence-corrected chi connectivity index (χ3v) is 3.81. The maximum atomic E-state index is 9.72. The first-order valence-corrected chi connectivity index (χ1v) is 7.53. The van der Waals surface area contributed by atoms with Crippen LogP contribution >= 0.6 is 0 Å². The Morgan fingerprint density at radius 1 is 1.35 bits per heavy atom. The van der Waals surface area contributed by atoms with Gasteiger partial charge in [-0.3, -0.25) is 0 Å². The molecule has 2 N–H and O–H groups in total. The van der Waals surface area contributed by atoms with Crippen LogP contribution in [0.25, 0.3) is 0 Å². The first-order chi connectivity index (χ1) is 9.69. The summed E-state index contributed by atoms with van der Waals surface area (Å²) >= 11 is 0. The highest BCUT2D eigenvalue weighted by Crippen LogP contribution is 2.27. The van der Waals surface area contributed by atoms with Gasteiger partial charge in [-0.15, -0.1) is 0 Å². The zero-order valence-electron chi connectivity index (χ0n) is 12.6. The van der Waals surface area contributed by atoms with E-state index in [9.17, 15) is 5.11 Å². The van der Waals surface area contributed by atoms with E-state index in [2.05, 4.69) is 17.3 Å². The van der Waals surface area contributed by atoms with Crippen molar-refractivity contribution in [2.24, 2.45) is 5.92 Å². The Kier molecular flexibility index (Phi) is 5.68. The number of phenolic OH excluding ortho intramolecular Hbond substituents is 1. The van der Waals surface area contributed by atoms with Gasteiger partial charge in [-0.1, -0.05) is 6.07 Å². The van der Waals surface area contributed by atoms with Crippen molar-refractivity contribution in [3.8, 4) is 11.5 Å². The lowest BCUT2D eigenvalue weighted by Gasteiger charge is -2.27. The smallest absolute Gasteiger partial charge is 0.161 e. The average molecular weight is 278 g/mol. The molecule has 0 bridgehead atoms. The molecule has 1 aliphatic rings.